The molecular weight excluding hydrogens is 248 g/mol. The number of hydrogen-bond donors (Lipinski definition) is 2. The first kappa shape index (κ1) is 14.6. The summed E-state index contributed by atoms with van der Waals surface area (Å²) >= 11 is 0. The Morgan fingerprint density at radius 2 is 2.00 bits per heavy atom. The number of aromatic amines is 1. The van der Waals surface area contributed by atoms with Gasteiger partial charge >= 0.3 is 0 Å². The Morgan fingerprint density at radius 3 is 2.60 bits per heavy atom. The van der Waals surface area contributed by atoms with E-state index in [1.807, 2.05) is 6.20 Å². The molecule has 1 aromatic heterocycles. The second kappa shape index (κ2) is 7.10. The molecule has 2 rings (SSSR count). The van der Waals surface area contributed by atoms with E-state index in [4.69, 9.17) is 0 Å². The maximum Gasteiger partial charge on any atom is 0.106 e. The number of aryl methyl sites for hydroxylation is 1. The zero-order chi connectivity index (χ0) is 14.4. The van der Waals surface area contributed by atoms with Crippen LogP contribution in [0.4, 0.5) is 5.69 Å². The van der Waals surface area contributed by atoms with Crippen LogP contribution in [0, 0.1) is 0 Å². The Kier molecular flexibility index (Phi) is 5.18. The lowest BCUT2D eigenvalue weighted by Gasteiger charge is -2.17. The van der Waals surface area contributed by atoms with Crippen LogP contribution < -0.4 is 10.2 Å². The number of aromatic nitrogens is 2. The molecular formula is C16H24N4. The van der Waals surface area contributed by atoms with Gasteiger partial charge in [-0.25, -0.2) is 4.98 Å². The molecule has 0 saturated carbocycles. The molecule has 108 valence electrons. The van der Waals surface area contributed by atoms with Crippen LogP contribution in [0.3, 0.4) is 0 Å². The van der Waals surface area contributed by atoms with Crippen LogP contribution in [0.5, 0.6) is 0 Å². The standard InChI is InChI=1S/C16H24N4/c1-13(14-6-8-15(9-7-14)20(2)3)17-10-4-5-16-18-11-12-19-16/h6-9,11-13,17H,4-5,10H2,1-3H3,(H,18,19). The highest BCUT2D eigenvalue weighted by atomic mass is 15.1. The zero-order valence-electron chi connectivity index (χ0n) is 12.6. The predicted molar refractivity (Wildman–Crippen MR) is 84.1 cm³/mol. The lowest BCUT2D eigenvalue weighted by molar-refractivity contribution is 0.555. The van der Waals surface area contributed by atoms with Gasteiger partial charge in [0.05, 0.1) is 0 Å². The Bertz CT molecular complexity index is 488. The highest BCUT2D eigenvalue weighted by molar-refractivity contribution is 5.46. The fourth-order valence-electron chi connectivity index (χ4n) is 2.19. The topological polar surface area (TPSA) is 44.0 Å². The van der Waals surface area contributed by atoms with E-state index in [9.17, 15) is 0 Å². The van der Waals surface area contributed by atoms with E-state index in [0.717, 1.165) is 25.2 Å². The molecule has 0 saturated heterocycles. The van der Waals surface area contributed by atoms with Crippen molar-refractivity contribution in [2.75, 3.05) is 25.5 Å². The van der Waals surface area contributed by atoms with E-state index in [1.54, 1.807) is 6.20 Å². The van der Waals surface area contributed by atoms with Crippen molar-refractivity contribution in [1.82, 2.24) is 15.3 Å². The van der Waals surface area contributed by atoms with Crippen LogP contribution in [-0.2, 0) is 6.42 Å². The summed E-state index contributed by atoms with van der Waals surface area (Å²) in [5, 5.41) is 3.55. The summed E-state index contributed by atoms with van der Waals surface area (Å²) in [6.45, 7) is 3.20. The minimum Gasteiger partial charge on any atom is -0.378 e. The number of benzene rings is 1. The molecule has 2 aromatic rings. The first-order chi connectivity index (χ1) is 9.66. The highest BCUT2D eigenvalue weighted by Gasteiger charge is 2.05. The van der Waals surface area contributed by atoms with Crippen LogP contribution >= 0.6 is 0 Å². The third-order valence-corrected chi connectivity index (χ3v) is 3.51. The third kappa shape index (κ3) is 4.10. The summed E-state index contributed by atoms with van der Waals surface area (Å²) in [5.74, 6) is 1.06. The molecule has 0 aliphatic carbocycles. The van der Waals surface area contributed by atoms with Crippen molar-refractivity contribution in [1.29, 1.82) is 0 Å². The molecule has 0 bridgehead atoms. The number of hydrogen-bond acceptors (Lipinski definition) is 3. The predicted octanol–water partition coefficient (Wildman–Crippen LogP) is 2.76. The van der Waals surface area contributed by atoms with Crippen LogP contribution in [0.25, 0.3) is 0 Å². The van der Waals surface area contributed by atoms with Gasteiger partial charge in [-0.2, -0.15) is 0 Å². The molecule has 0 radical (unpaired) electrons. The Balaban J connectivity index is 1.75. The van der Waals surface area contributed by atoms with Crippen molar-refractivity contribution >= 4 is 5.69 Å². The fourth-order valence-corrected chi connectivity index (χ4v) is 2.19. The molecule has 0 amide bonds. The maximum atomic E-state index is 4.23. The Hall–Kier alpha value is -1.81. The van der Waals surface area contributed by atoms with E-state index in [1.165, 1.54) is 11.3 Å². The first-order valence-corrected chi connectivity index (χ1v) is 7.16. The highest BCUT2D eigenvalue weighted by Crippen LogP contribution is 2.17. The summed E-state index contributed by atoms with van der Waals surface area (Å²) in [6.07, 6.45) is 5.76. The van der Waals surface area contributed by atoms with E-state index < -0.39 is 0 Å². The molecule has 4 heteroatoms. The van der Waals surface area contributed by atoms with Crippen molar-refractivity contribution in [2.24, 2.45) is 0 Å². The lowest BCUT2D eigenvalue weighted by atomic mass is 10.1. The minimum atomic E-state index is 0.378. The molecule has 0 fully saturated rings. The van der Waals surface area contributed by atoms with Gasteiger partial charge in [-0.3, -0.25) is 0 Å². The normalized spacial score (nSPS) is 12.3. The van der Waals surface area contributed by atoms with Gasteiger partial charge in [0.1, 0.15) is 5.82 Å². The summed E-state index contributed by atoms with van der Waals surface area (Å²) in [5.41, 5.74) is 2.56. The van der Waals surface area contributed by atoms with Gasteiger partial charge in [-0.05, 0) is 37.6 Å². The molecule has 4 nitrogen and oxygen atoms in total. The number of rotatable bonds is 7. The van der Waals surface area contributed by atoms with Crippen LogP contribution in [-0.4, -0.2) is 30.6 Å². The summed E-state index contributed by atoms with van der Waals surface area (Å²) in [4.78, 5) is 9.48. The van der Waals surface area contributed by atoms with E-state index in [0.29, 0.717) is 6.04 Å². The van der Waals surface area contributed by atoms with Gasteiger partial charge in [0.15, 0.2) is 0 Å². The van der Waals surface area contributed by atoms with E-state index in [2.05, 4.69) is 65.5 Å². The molecule has 1 unspecified atom stereocenters. The number of nitrogens with one attached hydrogen (secondary N) is 2. The maximum absolute atomic E-state index is 4.23. The first-order valence-electron chi connectivity index (χ1n) is 7.16. The van der Waals surface area contributed by atoms with E-state index >= 15 is 0 Å². The molecule has 20 heavy (non-hydrogen) atoms. The number of imidazole rings is 1. The molecule has 1 heterocycles. The molecule has 0 aliphatic rings. The number of H-pyrrole nitrogens is 1. The van der Waals surface area contributed by atoms with Crippen LogP contribution in [0.2, 0.25) is 0 Å². The Morgan fingerprint density at radius 1 is 1.25 bits per heavy atom. The van der Waals surface area contributed by atoms with Crippen molar-refractivity contribution in [3.63, 3.8) is 0 Å². The average molecular weight is 272 g/mol. The fraction of sp³-hybridized carbons (Fsp3) is 0.438. The van der Waals surface area contributed by atoms with Crippen molar-refractivity contribution in [3.8, 4) is 0 Å². The summed E-state index contributed by atoms with van der Waals surface area (Å²) in [6, 6.07) is 9.09. The molecule has 0 aliphatic heterocycles. The van der Waals surface area contributed by atoms with Gasteiger partial charge in [-0.1, -0.05) is 12.1 Å². The second-order valence-electron chi connectivity index (χ2n) is 5.30. The van der Waals surface area contributed by atoms with Crippen LogP contribution in [0.1, 0.15) is 30.8 Å². The molecule has 1 atom stereocenters. The second-order valence-corrected chi connectivity index (χ2v) is 5.30. The molecule has 1 aromatic carbocycles. The monoisotopic (exact) mass is 272 g/mol. The third-order valence-electron chi connectivity index (χ3n) is 3.51. The smallest absolute Gasteiger partial charge is 0.106 e. The molecule has 2 N–H and O–H groups in total. The van der Waals surface area contributed by atoms with Crippen LogP contribution in [0.15, 0.2) is 36.7 Å². The number of anilines is 1. The van der Waals surface area contributed by atoms with Crippen molar-refractivity contribution in [3.05, 3.63) is 48.0 Å². The van der Waals surface area contributed by atoms with Gasteiger partial charge in [0.25, 0.3) is 0 Å². The molecule has 0 spiro atoms. The zero-order valence-corrected chi connectivity index (χ0v) is 12.6. The van der Waals surface area contributed by atoms with Gasteiger partial charge < -0.3 is 15.2 Å². The quantitative estimate of drug-likeness (QED) is 0.762. The van der Waals surface area contributed by atoms with Gasteiger partial charge in [-0.15, -0.1) is 0 Å². The lowest BCUT2D eigenvalue weighted by Crippen LogP contribution is -2.20. The summed E-state index contributed by atoms with van der Waals surface area (Å²) in [7, 11) is 4.12. The SMILES string of the molecule is CC(NCCCc1ncc[nH]1)c1ccc(N(C)C)cc1. The summed E-state index contributed by atoms with van der Waals surface area (Å²) < 4.78 is 0. The average Bonchev–Trinajstić information content (AvgIpc) is 2.96. The van der Waals surface area contributed by atoms with Gasteiger partial charge in [0.2, 0.25) is 0 Å². The minimum absolute atomic E-state index is 0.378. The van der Waals surface area contributed by atoms with Crippen molar-refractivity contribution in [2.45, 2.75) is 25.8 Å². The van der Waals surface area contributed by atoms with E-state index in [-0.39, 0.29) is 0 Å². The largest absolute Gasteiger partial charge is 0.378 e. The van der Waals surface area contributed by atoms with Crippen molar-refractivity contribution < 1.29 is 0 Å². The van der Waals surface area contributed by atoms with Gasteiger partial charge in [0, 0.05) is 44.6 Å². The Labute approximate surface area is 121 Å². The number of nitrogens with zero attached hydrogens (tertiary/aromatic N) is 2.